The first kappa shape index (κ1) is 14.6. The van der Waals surface area contributed by atoms with E-state index < -0.39 is 0 Å². The van der Waals surface area contributed by atoms with E-state index in [1.807, 2.05) is 29.2 Å². The number of rotatable bonds is 2. The number of amides is 1. The zero-order valence-electron chi connectivity index (χ0n) is 13.2. The smallest absolute Gasteiger partial charge is 0.274 e. The SMILES string of the molecule is O=C(c1cnc2ccccc2n1)N1CCC(C2CCCN2)CC1. The summed E-state index contributed by atoms with van der Waals surface area (Å²) in [6, 6.07) is 8.33. The Morgan fingerprint density at radius 3 is 2.65 bits per heavy atom. The molecule has 0 saturated carbocycles. The molecule has 2 aromatic rings. The van der Waals surface area contributed by atoms with Crippen LogP contribution in [0.4, 0.5) is 0 Å². The Bertz CT molecular complexity index is 703. The predicted molar refractivity (Wildman–Crippen MR) is 89.2 cm³/mol. The molecule has 1 aromatic carbocycles. The molecule has 1 atom stereocenters. The maximum Gasteiger partial charge on any atom is 0.274 e. The van der Waals surface area contributed by atoms with Gasteiger partial charge in [-0.05, 0) is 50.3 Å². The van der Waals surface area contributed by atoms with Crippen molar-refractivity contribution in [2.24, 2.45) is 5.92 Å². The topological polar surface area (TPSA) is 58.1 Å². The van der Waals surface area contributed by atoms with Crippen LogP contribution in [0.2, 0.25) is 0 Å². The molecule has 0 bridgehead atoms. The lowest BCUT2D eigenvalue weighted by atomic mass is 9.88. The van der Waals surface area contributed by atoms with Gasteiger partial charge in [0.25, 0.3) is 5.91 Å². The number of carbonyl (C=O) groups is 1. The standard InChI is InChI=1S/C18H22N4O/c23-18(17-12-20-15-4-1-2-5-16(15)21-17)22-10-7-13(8-11-22)14-6-3-9-19-14/h1-2,4-5,12-14,19H,3,6-11H2. The Morgan fingerprint density at radius 2 is 1.91 bits per heavy atom. The summed E-state index contributed by atoms with van der Waals surface area (Å²) in [7, 11) is 0. The molecule has 5 heteroatoms. The number of para-hydroxylation sites is 2. The van der Waals surface area contributed by atoms with E-state index in [0.717, 1.165) is 43.5 Å². The van der Waals surface area contributed by atoms with Gasteiger partial charge in [-0.1, -0.05) is 12.1 Å². The first-order valence-corrected chi connectivity index (χ1v) is 8.56. The van der Waals surface area contributed by atoms with Crippen LogP contribution in [0.15, 0.2) is 30.5 Å². The number of hydrogen-bond donors (Lipinski definition) is 1. The molecule has 4 rings (SSSR count). The Kier molecular flexibility index (Phi) is 3.95. The molecule has 1 N–H and O–H groups in total. The highest BCUT2D eigenvalue weighted by Gasteiger charge is 2.30. The maximum atomic E-state index is 12.7. The Balaban J connectivity index is 1.44. The molecule has 0 radical (unpaired) electrons. The lowest BCUT2D eigenvalue weighted by molar-refractivity contribution is 0.0668. The highest BCUT2D eigenvalue weighted by atomic mass is 16.2. The van der Waals surface area contributed by atoms with Gasteiger partial charge in [-0.25, -0.2) is 4.98 Å². The predicted octanol–water partition coefficient (Wildman–Crippen LogP) is 2.23. The van der Waals surface area contributed by atoms with Crippen molar-refractivity contribution in [1.29, 1.82) is 0 Å². The molecule has 1 amide bonds. The van der Waals surface area contributed by atoms with Gasteiger partial charge in [0, 0.05) is 19.1 Å². The van der Waals surface area contributed by atoms with E-state index in [1.165, 1.54) is 12.8 Å². The second-order valence-corrected chi connectivity index (χ2v) is 6.58. The van der Waals surface area contributed by atoms with Crippen LogP contribution >= 0.6 is 0 Å². The lowest BCUT2D eigenvalue weighted by Crippen LogP contribution is -2.43. The number of benzene rings is 1. The quantitative estimate of drug-likeness (QED) is 0.924. The molecule has 3 heterocycles. The van der Waals surface area contributed by atoms with Gasteiger partial charge in [-0.15, -0.1) is 0 Å². The number of piperidine rings is 1. The highest BCUT2D eigenvalue weighted by molar-refractivity contribution is 5.93. The third-order valence-electron chi connectivity index (χ3n) is 5.16. The summed E-state index contributed by atoms with van der Waals surface area (Å²) in [4.78, 5) is 23.4. The molecule has 2 saturated heterocycles. The zero-order chi connectivity index (χ0) is 15.6. The van der Waals surface area contributed by atoms with Gasteiger partial charge in [0.2, 0.25) is 0 Å². The lowest BCUT2D eigenvalue weighted by Gasteiger charge is -2.34. The molecule has 23 heavy (non-hydrogen) atoms. The van der Waals surface area contributed by atoms with Crippen molar-refractivity contribution in [2.75, 3.05) is 19.6 Å². The second-order valence-electron chi connectivity index (χ2n) is 6.58. The number of likely N-dealkylation sites (tertiary alicyclic amines) is 1. The summed E-state index contributed by atoms with van der Waals surface area (Å²) in [6.07, 6.45) is 6.36. The van der Waals surface area contributed by atoms with Gasteiger partial charge in [0.15, 0.2) is 0 Å². The molecule has 1 aromatic heterocycles. The Morgan fingerprint density at radius 1 is 1.13 bits per heavy atom. The molecular formula is C18H22N4O. The molecule has 5 nitrogen and oxygen atoms in total. The van der Waals surface area contributed by atoms with Crippen molar-refractivity contribution >= 4 is 16.9 Å². The van der Waals surface area contributed by atoms with Crippen molar-refractivity contribution in [3.05, 3.63) is 36.2 Å². The first-order valence-electron chi connectivity index (χ1n) is 8.56. The van der Waals surface area contributed by atoms with E-state index in [1.54, 1.807) is 6.20 Å². The molecule has 120 valence electrons. The van der Waals surface area contributed by atoms with Gasteiger partial charge >= 0.3 is 0 Å². The van der Waals surface area contributed by atoms with Crippen LogP contribution in [-0.2, 0) is 0 Å². The van der Waals surface area contributed by atoms with Crippen LogP contribution in [0.1, 0.15) is 36.2 Å². The molecule has 1 unspecified atom stereocenters. The molecular weight excluding hydrogens is 288 g/mol. The minimum absolute atomic E-state index is 0.0149. The number of aromatic nitrogens is 2. The molecule has 2 aliphatic heterocycles. The monoisotopic (exact) mass is 310 g/mol. The van der Waals surface area contributed by atoms with Crippen LogP contribution in [0, 0.1) is 5.92 Å². The largest absolute Gasteiger partial charge is 0.337 e. The number of fused-ring (bicyclic) bond motifs is 1. The fourth-order valence-corrected chi connectivity index (χ4v) is 3.84. The van der Waals surface area contributed by atoms with Crippen LogP contribution in [0.25, 0.3) is 11.0 Å². The van der Waals surface area contributed by atoms with Crippen molar-refractivity contribution in [1.82, 2.24) is 20.2 Å². The normalized spacial score (nSPS) is 22.6. The van der Waals surface area contributed by atoms with Gasteiger partial charge < -0.3 is 10.2 Å². The molecule has 0 aliphatic carbocycles. The average Bonchev–Trinajstić information content (AvgIpc) is 3.15. The third kappa shape index (κ3) is 2.93. The molecule has 2 aliphatic rings. The fraction of sp³-hybridized carbons (Fsp3) is 0.500. The van der Waals surface area contributed by atoms with E-state index in [9.17, 15) is 4.79 Å². The Hall–Kier alpha value is -2.01. The summed E-state index contributed by atoms with van der Waals surface area (Å²) >= 11 is 0. The highest BCUT2D eigenvalue weighted by Crippen LogP contribution is 2.26. The van der Waals surface area contributed by atoms with Gasteiger partial charge in [-0.2, -0.15) is 0 Å². The van der Waals surface area contributed by atoms with Crippen LogP contribution < -0.4 is 5.32 Å². The van der Waals surface area contributed by atoms with E-state index in [0.29, 0.717) is 17.7 Å². The summed E-state index contributed by atoms with van der Waals surface area (Å²) in [5.74, 6) is 0.727. The number of carbonyl (C=O) groups excluding carboxylic acids is 1. The van der Waals surface area contributed by atoms with E-state index in [4.69, 9.17) is 0 Å². The van der Waals surface area contributed by atoms with Crippen molar-refractivity contribution in [3.63, 3.8) is 0 Å². The number of hydrogen-bond acceptors (Lipinski definition) is 4. The Labute approximate surface area is 136 Å². The minimum Gasteiger partial charge on any atom is -0.337 e. The zero-order valence-corrected chi connectivity index (χ0v) is 13.2. The van der Waals surface area contributed by atoms with Gasteiger partial charge in [0.1, 0.15) is 5.69 Å². The van der Waals surface area contributed by atoms with Crippen molar-refractivity contribution in [2.45, 2.75) is 31.7 Å². The van der Waals surface area contributed by atoms with Gasteiger partial charge in [-0.3, -0.25) is 9.78 Å². The number of nitrogens with zero attached hydrogens (tertiary/aromatic N) is 3. The third-order valence-corrected chi connectivity index (χ3v) is 5.16. The number of nitrogens with one attached hydrogen (secondary N) is 1. The second kappa shape index (κ2) is 6.24. The summed E-state index contributed by atoms with van der Waals surface area (Å²) in [6.45, 7) is 2.81. The van der Waals surface area contributed by atoms with Crippen molar-refractivity contribution < 1.29 is 4.79 Å². The first-order chi connectivity index (χ1) is 11.3. The summed E-state index contributed by atoms with van der Waals surface area (Å²) in [5, 5.41) is 3.60. The molecule has 2 fully saturated rings. The maximum absolute atomic E-state index is 12.7. The molecule has 0 spiro atoms. The van der Waals surface area contributed by atoms with E-state index in [-0.39, 0.29) is 5.91 Å². The van der Waals surface area contributed by atoms with E-state index in [2.05, 4.69) is 15.3 Å². The van der Waals surface area contributed by atoms with Crippen LogP contribution in [0.3, 0.4) is 0 Å². The van der Waals surface area contributed by atoms with Crippen LogP contribution in [-0.4, -0.2) is 46.5 Å². The fourth-order valence-electron chi connectivity index (χ4n) is 3.84. The van der Waals surface area contributed by atoms with Gasteiger partial charge in [0.05, 0.1) is 17.2 Å². The summed E-state index contributed by atoms with van der Waals surface area (Å²) in [5.41, 5.74) is 2.07. The van der Waals surface area contributed by atoms with Crippen LogP contribution in [0.5, 0.6) is 0 Å². The average molecular weight is 310 g/mol. The van der Waals surface area contributed by atoms with E-state index >= 15 is 0 Å². The minimum atomic E-state index is 0.0149. The summed E-state index contributed by atoms with van der Waals surface area (Å²) < 4.78 is 0. The van der Waals surface area contributed by atoms with Crippen molar-refractivity contribution in [3.8, 4) is 0 Å².